The predicted molar refractivity (Wildman–Crippen MR) is 114 cm³/mol. The van der Waals surface area contributed by atoms with Gasteiger partial charge in [0.25, 0.3) is 0 Å². The van der Waals surface area contributed by atoms with E-state index in [1.54, 1.807) is 31.6 Å². The second-order valence-corrected chi connectivity index (χ2v) is 7.52. The van der Waals surface area contributed by atoms with Gasteiger partial charge in [0.05, 0.1) is 26.5 Å². The monoisotopic (exact) mass is 387 g/mol. The average Bonchev–Trinajstić information content (AvgIpc) is 3.06. The highest BCUT2D eigenvalue weighted by Crippen LogP contribution is 2.33. The molecule has 0 fully saturated rings. The van der Waals surface area contributed by atoms with Crippen molar-refractivity contribution < 1.29 is 9.47 Å². The van der Waals surface area contributed by atoms with E-state index in [9.17, 15) is 0 Å². The molecular weight excluding hydrogens is 358 g/mol. The van der Waals surface area contributed by atoms with E-state index in [0.717, 1.165) is 46.1 Å². The zero-order valence-corrected chi connectivity index (χ0v) is 17.7. The first-order valence-corrected chi connectivity index (χ1v) is 9.96. The molecule has 0 aliphatic rings. The summed E-state index contributed by atoms with van der Waals surface area (Å²) in [5.74, 6) is 2.19. The minimum atomic E-state index is 0.551. The summed E-state index contributed by atoms with van der Waals surface area (Å²) >= 11 is 1.56. The van der Waals surface area contributed by atoms with Crippen LogP contribution in [-0.4, -0.2) is 31.2 Å². The molecule has 0 saturated carbocycles. The maximum Gasteiger partial charge on any atom is 0.206 e. The van der Waals surface area contributed by atoms with Crippen LogP contribution in [0.1, 0.15) is 33.6 Å². The highest BCUT2D eigenvalue weighted by atomic mass is 32.1. The zero-order chi connectivity index (χ0) is 19.8. The lowest BCUT2D eigenvalue weighted by Gasteiger charge is -2.12. The van der Waals surface area contributed by atoms with Crippen LogP contribution < -0.4 is 14.3 Å². The number of thiazole rings is 1. The van der Waals surface area contributed by atoms with Crippen molar-refractivity contribution in [3.8, 4) is 22.8 Å². The number of rotatable bonds is 9. The minimum Gasteiger partial charge on any atom is -0.497 e. The van der Waals surface area contributed by atoms with Crippen molar-refractivity contribution in [3.63, 3.8) is 0 Å². The number of hydrogen-bond donors (Lipinski definition) is 0. The summed E-state index contributed by atoms with van der Waals surface area (Å²) in [6.45, 7) is 10.8. The third-order valence-corrected chi connectivity index (χ3v) is 4.93. The Morgan fingerprint density at radius 3 is 2.70 bits per heavy atom. The standard InChI is InChI=1S/C21H29N3O2S/c1-7-12-22-21-24(23-16(4)9-8-15(2)3)19(14-27-21)18-13-17(25-5)10-11-20(18)26-6/h7,10-11,13-15H,1,8-9,12H2,2-6H3. The van der Waals surface area contributed by atoms with E-state index in [2.05, 4.69) is 37.7 Å². The molecule has 2 rings (SSSR count). The maximum absolute atomic E-state index is 5.57. The maximum atomic E-state index is 5.57. The molecule has 0 saturated heterocycles. The van der Waals surface area contributed by atoms with Crippen molar-refractivity contribution in [1.29, 1.82) is 0 Å². The summed E-state index contributed by atoms with van der Waals surface area (Å²) in [6.07, 6.45) is 3.85. The van der Waals surface area contributed by atoms with E-state index in [4.69, 9.17) is 14.6 Å². The Kier molecular flexibility index (Phi) is 7.85. The fourth-order valence-corrected chi connectivity index (χ4v) is 3.40. The number of methoxy groups -OCH3 is 2. The number of benzene rings is 1. The lowest BCUT2D eigenvalue weighted by molar-refractivity contribution is 0.404. The molecule has 0 aliphatic carbocycles. The zero-order valence-electron chi connectivity index (χ0n) is 16.9. The van der Waals surface area contributed by atoms with Gasteiger partial charge in [0, 0.05) is 16.7 Å². The van der Waals surface area contributed by atoms with Gasteiger partial charge in [-0.2, -0.15) is 5.10 Å². The fraction of sp³-hybridized carbons (Fsp3) is 0.429. The molecule has 0 spiro atoms. The average molecular weight is 388 g/mol. The van der Waals surface area contributed by atoms with E-state index in [1.165, 1.54) is 0 Å². The molecule has 0 N–H and O–H groups in total. The Morgan fingerprint density at radius 1 is 1.30 bits per heavy atom. The molecule has 0 aliphatic heterocycles. The third kappa shape index (κ3) is 5.57. The molecule has 27 heavy (non-hydrogen) atoms. The minimum absolute atomic E-state index is 0.551. The van der Waals surface area contributed by atoms with Crippen LogP contribution in [0, 0.1) is 5.92 Å². The largest absolute Gasteiger partial charge is 0.497 e. The molecular formula is C21H29N3O2S. The SMILES string of the molecule is C=CCN=c1scc(-c2cc(OC)ccc2OC)n1N=C(C)CCC(C)C. The van der Waals surface area contributed by atoms with Gasteiger partial charge in [0.2, 0.25) is 4.80 Å². The predicted octanol–water partition coefficient (Wildman–Crippen LogP) is 4.98. The summed E-state index contributed by atoms with van der Waals surface area (Å²) in [5.41, 5.74) is 2.93. The molecule has 0 atom stereocenters. The molecule has 0 unspecified atom stereocenters. The van der Waals surface area contributed by atoms with Gasteiger partial charge in [-0.05, 0) is 43.9 Å². The van der Waals surface area contributed by atoms with Crippen LogP contribution in [0.25, 0.3) is 11.3 Å². The van der Waals surface area contributed by atoms with Gasteiger partial charge in [0.15, 0.2) is 0 Å². The quantitative estimate of drug-likeness (QED) is 0.450. The normalized spacial score (nSPS) is 12.5. The van der Waals surface area contributed by atoms with E-state index in [0.29, 0.717) is 12.5 Å². The Morgan fingerprint density at radius 2 is 2.07 bits per heavy atom. The molecule has 0 bridgehead atoms. The summed E-state index contributed by atoms with van der Waals surface area (Å²) in [6, 6.07) is 5.76. The molecule has 6 heteroatoms. The Labute approximate surface area is 165 Å². The first kappa shape index (κ1) is 21.0. The van der Waals surface area contributed by atoms with E-state index in [-0.39, 0.29) is 0 Å². The van der Waals surface area contributed by atoms with Crippen LogP contribution in [0.5, 0.6) is 11.5 Å². The summed E-state index contributed by atoms with van der Waals surface area (Å²) in [7, 11) is 3.33. The first-order valence-electron chi connectivity index (χ1n) is 9.08. The van der Waals surface area contributed by atoms with Gasteiger partial charge in [-0.25, -0.2) is 4.68 Å². The highest BCUT2D eigenvalue weighted by Gasteiger charge is 2.14. The second kappa shape index (κ2) is 10.1. The number of nitrogens with zero attached hydrogens (tertiary/aromatic N) is 3. The van der Waals surface area contributed by atoms with Gasteiger partial charge in [-0.15, -0.1) is 17.9 Å². The van der Waals surface area contributed by atoms with Gasteiger partial charge in [-0.3, -0.25) is 4.99 Å². The Bertz CT molecular complexity index is 863. The van der Waals surface area contributed by atoms with Crippen molar-refractivity contribution in [2.75, 3.05) is 20.8 Å². The molecule has 5 nitrogen and oxygen atoms in total. The summed E-state index contributed by atoms with van der Waals surface area (Å²) < 4.78 is 12.9. The van der Waals surface area contributed by atoms with Gasteiger partial charge in [-0.1, -0.05) is 19.9 Å². The van der Waals surface area contributed by atoms with Gasteiger partial charge in [0.1, 0.15) is 11.5 Å². The second-order valence-electron chi connectivity index (χ2n) is 6.68. The molecule has 1 aromatic heterocycles. The van der Waals surface area contributed by atoms with Crippen LogP contribution in [0.2, 0.25) is 0 Å². The molecule has 1 aromatic carbocycles. The Hall–Kier alpha value is -2.34. The number of ether oxygens (including phenoxy) is 2. The van der Waals surface area contributed by atoms with Gasteiger partial charge >= 0.3 is 0 Å². The molecule has 146 valence electrons. The van der Waals surface area contributed by atoms with E-state index < -0.39 is 0 Å². The van der Waals surface area contributed by atoms with Crippen LogP contribution in [0.4, 0.5) is 0 Å². The lowest BCUT2D eigenvalue weighted by Crippen LogP contribution is -2.14. The van der Waals surface area contributed by atoms with Crippen molar-refractivity contribution in [3.05, 3.63) is 41.0 Å². The van der Waals surface area contributed by atoms with Crippen molar-refractivity contribution in [2.45, 2.75) is 33.6 Å². The fourth-order valence-electron chi connectivity index (χ4n) is 2.57. The van der Waals surface area contributed by atoms with Crippen molar-refractivity contribution in [2.24, 2.45) is 16.0 Å². The van der Waals surface area contributed by atoms with Crippen molar-refractivity contribution in [1.82, 2.24) is 4.68 Å². The third-order valence-electron chi connectivity index (χ3n) is 4.08. The number of aromatic nitrogens is 1. The topological polar surface area (TPSA) is 48.1 Å². The summed E-state index contributed by atoms with van der Waals surface area (Å²) in [4.78, 5) is 5.43. The highest BCUT2D eigenvalue weighted by molar-refractivity contribution is 7.07. The molecule has 1 heterocycles. The number of hydrogen-bond acceptors (Lipinski definition) is 5. The van der Waals surface area contributed by atoms with Crippen LogP contribution in [0.3, 0.4) is 0 Å². The summed E-state index contributed by atoms with van der Waals surface area (Å²) in [5, 5.41) is 6.92. The van der Waals surface area contributed by atoms with Crippen molar-refractivity contribution >= 4 is 17.0 Å². The van der Waals surface area contributed by atoms with Crippen LogP contribution in [0.15, 0.2) is 46.3 Å². The molecule has 0 radical (unpaired) electrons. The lowest BCUT2D eigenvalue weighted by atomic mass is 10.1. The molecule has 0 amide bonds. The van der Waals surface area contributed by atoms with Gasteiger partial charge < -0.3 is 9.47 Å². The molecule has 2 aromatic rings. The van der Waals surface area contributed by atoms with Crippen LogP contribution >= 0.6 is 11.3 Å². The van der Waals surface area contributed by atoms with E-state index >= 15 is 0 Å². The Balaban J connectivity index is 2.59. The smallest absolute Gasteiger partial charge is 0.206 e. The van der Waals surface area contributed by atoms with E-state index in [1.807, 2.05) is 22.9 Å². The first-order chi connectivity index (χ1) is 13.0. The van der Waals surface area contributed by atoms with Crippen LogP contribution in [-0.2, 0) is 0 Å².